The maximum absolute atomic E-state index is 12.2. The number of hydrogen-bond acceptors (Lipinski definition) is 15. The van der Waals surface area contributed by atoms with Crippen molar-refractivity contribution in [3.8, 4) is 0 Å². The number of aliphatic hydroxyl groups excluding tert-OH is 3. The summed E-state index contributed by atoms with van der Waals surface area (Å²) in [5.41, 5.74) is 3.69. The quantitative estimate of drug-likeness (QED) is 0.0907. The summed E-state index contributed by atoms with van der Waals surface area (Å²) in [4.78, 5) is 59.0. The number of aromatic amines is 2. The summed E-state index contributed by atoms with van der Waals surface area (Å²) in [6, 6.07) is 0. The standard InChI is InChI=1S/C20H26N7O12PS/c1-7-4-26(19(33)25-15(7)30)10-2-8(29)13(37-10)17(32)38-40(35,41)39-20(34)3-11(36-9(20)5-28)27-6-22-12-14(27)23-18(21)24-16(12)31/h4,6,8-11,13,17,28-29,32,34H,2-3,5H2,1H3,(H,35,41)(H,25,30,33)(H3,21,23,24,31)/t8-,9+,10+,11+,13-,17?,20-,40?/m0/s1. The summed E-state index contributed by atoms with van der Waals surface area (Å²) in [7, 11) is 0. The molecule has 0 aliphatic carbocycles. The van der Waals surface area contributed by atoms with Gasteiger partial charge in [-0.15, -0.1) is 0 Å². The number of nitrogens with two attached hydrogens (primary N) is 1. The van der Waals surface area contributed by atoms with Gasteiger partial charge in [0.05, 0.1) is 25.5 Å². The summed E-state index contributed by atoms with van der Waals surface area (Å²) in [6.07, 6.45) is -7.03. The summed E-state index contributed by atoms with van der Waals surface area (Å²) in [5.74, 6) is -2.68. The molecule has 0 bridgehead atoms. The molecular weight excluding hydrogens is 593 g/mol. The van der Waals surface area contributed by atoms with Gasteiger partial charge in [0.15, 0.2) is 17.5 Å². The number of aliphatic hydroxyl groups is 4. The number of imidazole rings is 1. The van der Waals surface area contributed by atoms with Crippen LogP contribution in [-0.2, 0) is 30.3 Å². The molecule has 0 amide bonds. The topological polar surface area (TPSA) is 283 Å². The zero-order valence-corrected chi connectivity index (χ0v) is 22.8. The summed E-state index contributed by atoms with van der Waals surface area (Å²) < 4.78 is 23.8. The Hall–Kier alpha value is -2.88. The number of rotatable bonds is 8. The van der Waals surface area contributed by atoms with Gasteiger partial charge in [0.25, 0.3) is 11.1 Å². The molecule has 0 aromatic carbocycles. The Morgan fingerprint density at radius 3 is 2.71 bits per heavy atom. The van der Waals surface area contributed by atoms with E-state index in [2.05, 4.69) is 19.9 Å². The third-order valence-corrected chi connectivity index (χ3v) is 8.12. The molecule has 2 fully saturated rings. The van der Waals surface area contributed by atoms with Crippen LogP contribution in [0.3, 0.4) is 0 Å². The van der Waals surface area contributed by atoms with Gasteiger partial charge in [0.1, 0.15) is 24.7 Å². The first-order valence-corrected chi connectivity index (χ1v) is 14.6. The maximum Gasteiger partial charge on any atom is 0.330 e. The van der Waals surface area contributed by atoms with Gasteiger partial charge in [-0.3, -0.25) is 37.7 Å². The number of hydrogen-bond donors (Lipinski definition) is 8. The average Bonchev–Trinajstić information content (AvgIpc) is 3.55. The molecule has 2 aliphatic heterocycles. The number of nitrogens with one attached hydrogen (secondary N) is 2. The molecule has 2 saturated heterocycles. The van der Waals surface area contributed by atoms with E-state index in [4.69, 9.17) is 36.1 Å². The van der Waals surface area contributed by atoms with E-state index in [1.807, 2.05) is 0 Å². The highest BCUT2D eigenvalue weighted by Crippen LogP contribution is 2.54. The number of nitrogens with zero attached hydrogens (tertiary/aromatic N) is 4. The Morgan fingerprint density at radius 1 is 1.27 bits per heavy atom. The second-order valence-electron chi connectivity index (χ2n) is 9.48. The molecule has 0 spiro atoms. The third kappa shape index (κ3) is 5.64. The maximum atomic E-state index is 12.2. The molecule has 0 radical (unpaired) electrons. The molecule has 3 aromatic rings. The van der Waals surface area contributed by atoms with Crippen LogP contribution in [0.1, 0.15) is 30.9 Å². The smallest absolute Gasteiger partial charge is 0.330 e. The van der Waals surface area contributed by atoms with Gasteiger partial charge in [0.2, 0.25) is 11.7 Å². The largest absolute Gasteiger partial charge is 0.393 e. The highest BCUT2D eigenvalue weighted by molar-refractivity contribution is 8.07. The number of H-pyrrole nitrogens is 2. The van der Waals surface area contributed by atoms with E-state index in [0.29, 0.717) is 0 Å². The van der Waals surface area contributed by atoms with E-state index >= 15 is 0 Å². The molecule has 3 aromatic heterocycles. The number of fused-ring (bicyclic) bond motifs is 1. The minimum Gasteiger partial charge on any atom is -0.393 e. The third-order valence-electron chi connectivity index (χ3n) is 6.61. The van der Waals surface area contributed by atoms with Crippen molar-refractivity contribution in [2.45, 2.75) is 62.6 Å². The van der Waals surface area contributed by atoms with E-state index in [1.54, 1.807) is 0 Å². The zero-order chi connectivity index (χ0) is 29.9. The molecule has 2 aliphatic rings. The van der Waals surface area contributed by atoms with Crippen molar-refractivity contribution in [1.82, 2.24) is 29.1 Å². The number of aryl methyl sites for hydroxylation is 1. The molecule has 5 heterocycles. The summed E-state index contributed by atoms with van der Waals surface area (Å²) >= 11 is 4.97. The Bertz CT molecular complexity index is 1690. The highest BCUT2D eigenvalue weighted by atomic mass is 32.5. The van der Waals surface area contributed by atoms with Crippen LogP contribution in [0.5, 0.6) is 0 Å². The molecule has 21 heteroatoms. The van der Waals surface area contributed by atoms with E-state index in [1.165, 1.54) is 24.0 Å². The van der Waals surface area contributed by atoms with Gasteiger partial charge in [-0.2, -0.15) is 4.98 Å². The van der Waals surface area contributed by atoms with Gasteiger partial charge in [-0.05, 0) is 18.7 Å². The molecule has 0 saturated carbocycles. The minimum atomic E-state index is -4.56. The van der Waals surface area contributed by atoms with Crippen molar-refractivity contribution < 1.29 is 43.8 Å². The molecule has 41 heavy (non-hydrogen) atoms. The molecule has 5 rings (SSSR count). The van der Waals surface area contributed by atoms with E-state index in [0.717, 1.165) is 4.57 Å². The average molecular weight is 620 g/mol. The lowest BCUT2D eigenvalue weighted by Crippen LogP contribution is -2.43. The van der Waals surface area contributed by atoms with Crippen LogP contribution in [0.4, 0.5) is 5.95 Å². The molecule has 19 nitrogen and oxygen atoms in total. The Labute approximate surface area is 233 Å². The fraction of sp³-hybridized carbons (Fsp3) is 0.550. The first-order valence-electron chi connectivity index (χ1n) is 12.0. The van der Waals surface area contributed by atoms with Crippen molar-refractivity contribution in [2.24, 2.45) is 0 Å². The van der Waals surface area contributed by atoms with Crippen molar-refractivity contribution >= 4 is 35.6 Å². The first kappa shape index (κ1) is 29.6. The number of aromatic nitrogens is 6. The van der Waals surface area contributed by atoms with E-state index in [-0.39, 0.29) is 29.1 Å². The molecular formula is C20H26N7O12PS. The van der Waals surface area contributed by atoms with Crippen molar-refractivity contribution in [2.75, 3.05) is 12.3 Å². The van der Waals surface area contributed by atoms with Crippen LogP contribution in [0.15, 0.2) is 26.9 Å². The lowest BCUT2D eigenvalue weighted by molar-refractivity contribution is -0.203. The molecule has 8 atom stereocenters. The second kappa shape index (κ2) is 10.7. The minimum absolute atomic E-state index is 0.00556. The van der Waals surface area contributed by atoms with Gasteiger partial charge >= 0.3 is 12.4 Å². The summed E-state index contributed by atoms with van der Waals surface area (Å²) in [6.45, 7) is -3.91. The van der Waals surface area contributed by atoms with Gasteiger partial charge < -0.3 is 40.5 Å². The lowest BCUT2D eigenvalue weighted by Gasteiger charge is -2.32. The molecule has 9 N–H and O–H groups in total. The fourth-order valence-electron chi connectivity index (χ4n) is 4.65. The van der Waals surface area contributed by atoms with Crippen LogP contribution < -0.4 is 22.5 Å². The molecule has 224 valence electrons. The number of anilines is 1. The number of ether oxygens (including phenoxy) is 2. The van der Waals surface area contributed by atoms with Gasteiger partial charge in [-0.1, -0.05) is 0 Å². The van der Waals surface area contributed by atoms with Crippen LogP contribution in [-0.4, -0.2) is 91.4 Å². The van der Waals surface area contributed by atoms with Crippen molar-refractivity contribution in [3.63, 3.8) is 0 Å². The van der Waals surface area contributed by atoms with Gasteiger partial charge in [-0.25, -0.2) is 9.78 Å². The van der Waals surface area contributed by atoms with Gasteiger partial charge in [0, 0.05) is 18.2 Å². The Balaban J connectivity index is 1.30. The van der Waals surface area contributed by atoms with E-state index in [9.17, 15) is 39.7 Å². The molecule has 2 unspecified atom stereocenters. The van der Waals surface area contributed by atoms with Crippen LogP contribution in [0.2, 0.25) is 0 Å². The highest BCUT2D eigenvalue weighted by Gasteiger charge is 2.53. The predicted octanol–water partition coefficient (Wildman–Crippen LogP) is -3.25. The fourth-order valence-corrected chi connectivity index (χ4v) is 6.33. The van der Waals surface area contributed by atoms with Crippen LogP contribution in [0, 0.1) is 6.92 Å². The predicted molar refractivity (Wildman–Crippen MR) is 138 cm³/mol. The zero-order valence-electron chi connectivity index (χ0n) is 21.1. The van der Waals surface area contributed by atoms with Crippen LogP contribution in [0.25, 0.3) is 11.2 Å². The monoisotopic (exact) mass is 619 g/mol. The van der Waals surface area contributed by atoms with Crippen LogP contribution >= 0.6 is 6.72 Å². The normalized spacial score (nSPS) is 30.5. The lowest BCUT2D eigenvalue weighted by atomic mass is 10.1. The Kier molecular flexibility index (Phi) is 7.76. The Morgan fingerprint density at radius 2 is 2.00 bits per heavy atom. The second-order valence-corrected chi connectivity index (χ2v) is 12.2. The summed E-state index contributed by atoms with van der Waals surface area (Å²) in [5, 5.41) is 42.0. The van der Waals surface area contributed by atoms with Crippen molar-refractivity contribution in [3.05, 3.63) is 49.3 Å². The first-order chi connectivity index (χ1) is 19.2. The van der Waals surface area contributed by atoms with E-state index < -0.39 is 79.4 Å². The van der Waals surface area contributed by atoms with Crippen molar-refractivity contribution in [1.29, 1.82) is 0 Å². The SMILES string of the molecule is Cc1cn([C@H]2C[C@H](O)[C@@H](C(O)OP(O)(=S)O[C@@]3(O)C[C@H](n4cnc5c(=O)[nH]c(N)nc54)O[C@@H]3CO)O2)c(=O)[nH]c1=O. The number of nitrogen functional groups attached to an aromatic ring is 1.